The summed E-state index contributed by atoms with van der Waals surface area (Å²) in [6.07, 6.45) is 0. The first kappa shape index (κ1) is 13.6. The van der Waals surface area contributed by atoms with Crippen LogP contribution in [0.2, 0.25) is 0 Å². The average Bonchev–Trinajstić information content (AvgIpc) is 2.81. The van der Waals surface area contributed by atoms with Crippen molar-refractivity contribution in [3.63, 3.8) is 0 Å². The van der Waals surface area contributed by atoms with E-state index in [1.165, 1.54) is 15.8 Å². The predicted octanol–water partition coefficient (Wildman–Crippen LogP) is 4.55. The van der Waals surface area contributed by atoms with E-state index in [1.807, 2.05) is 13.0 Å². The van der Waals surface area contributed by atoms with Gasteiger partial charge in [-0.2, -0.15) is 5.26 Å². The standard InChI is InChI=1S/C15H15FN2S/c1-9-4-5-15(19-9)11(3)18-14-7-12(8-17)6-13(16)10(14)2/h4-7,11,18H,1-3H3. The van der Waals surface area contributed by atoms with Crippen LogP contribution in [0, 0.1) is 31.0 Å². The Hall–Kier alpha value is -1.86. The number of benzene rings is 1. The summed E-state index contributed by atoms with van der Waals surface area (Å²) in [4.78, 5) is 2.44. The van der Waals surface area contributed by atoms with Gasteiger partial charge in [0, 0.05) is 21.0 Å². The number of hydrogen-bond acceptors (Lipinski definition) is 3. The number of aryl methyl sites for hydroxylation is 1. The number of anilines is 1. The van der Waals surface area contributed by atoms with Gasteiger partial charge in [-0.1, -0.05) is 0 Å². The van der Waals surface area contributed by atoms with Crippen LogP contribution in [0.3, 0.4) is 0 Å². The first-order valence-corrected chi connectivity index (χ1v) is 6.86. The largest absolute Gasteiger partial charge is 0.377 e. The molecule has 1 atom stereocenters. The van der Waals surface area contributed by atoms with E-state index in [0.717, 1.165) is 0 Å². The van der Waals surface area contributed by atoms with Gasteiger partial charge in [-0.3, -0.25) is 0 Å². The number of rotatable bonds is 3. The van der Waals surface area contributed by atoms with E-state index in [4.69, 9.17) is 5.26 Å². The highest BCUT2D eigenvalue weighted by Crippen LogP contribution is 2.28. The Bertz CT molecular complexity index is 640. The van der Waals surface area contributed by atoms with Crippen LogP contribution < -0.4 is 5.32 Å². The van der Waals surface area contributed by atoms with E-state index >= 15 is 0 Å². The Morgan fingerprint density at radius 2 is 2.05 bits per heavy atom. The van der Waals surface area contributed by atoms with Crippen LogP contribution in [0.15, 0.2) is 24.3 Å². The fourth-order valence-electron chi connectivity index (χ4n) is 1.88. The Morgan fingerprint density at radius 3 is 2.63 bits per heavy atom. The summed E-state index contributed by atoms with van der Waals surface area (Å²) >= 11 is 1.71. The van der Waals surface area contributed by atoms with Gasteiger partial charge >= 0.3 is 0 Å². The SMILES string of the molecule is Cc1ccc(C(C)Nc2cc(C#N)cc(F)c2C)s1. The maximum absolute atomic E-state index is 13.7. The summed E-state index contributed by atoms with van der Waals surface area (Å²) < 4.78 is 13.7. The van der Waals surface area contributed by atoms with E-state index < -0.39 is 0 Å². The maximum Gasteiger partial charge on any atom is 0.129 e. The molecule has 0 saturated carbocycles. The minimum Gasteiger partial charge on any atom is -0.377 e. The fourth-order valence-corrected chi connectivity index (χ4v) is 2.76. The molecule has 1 N–H and O–H groups in total. The van der Waals surface area contributed by atoms with Crippen molar-refractivity contribution in [1.29, 1.82) is 5.26 Å². The van der Waals surface area contributed by atoms with E-state index in [9.17, 15) is 4.39 Å². The second-order valence-electron chi connectivity index (χ2n) is 4.56. The third-order valence-corrected chi connectivity index (χ3v) is 4.22. The Labute approximate surface area is 116 Å². The minimum absolute atomic E-state index is 0.0887. The van der Waals surface area contributed by atoms with Crippen LogP contribution >= 0.6 is 11.3 Å². The Kier molecular flexibility index (Phi) is 3.87. The lowest BCUT2D eigenvalue weighted by Gasteiger charge is -2.16. The zero-order valence-corrected chi connectivity index (χ0v) is 11.9. The van der Waals surface area contributed by atoms with Crippen molar-refractivity contribution in [3.8, 4) is 6.07 Å². The van der Waals surface area contributed by atoms with Gasteiger partial charge in [0.1, 0.15) is 5.82 Å². The van der Waals surface area contributed by atoms with E-state index in [1.54, 1.807) is 24.3 Å². The van der Waals surface area contributed by atoms with Crippen molar-refractivity contribution in [2.75, 3.05) is 5.32 Å². The molecule has 0 aliphatic heterocycles. The van der Waals surface area contributed by atoms with Crippen molar-refractivity contribution in [2.45, 2.75) is 26.8 Å². The van der Waals surface area contributed by atoms with Gasteiger partial charge in [-0.25, -0.2) is 4.39 Å². The van der Waals surface area contributed by atoms with E-state index in [-0.39, 0.29) is 11.9 Å². The molecule has 0 radical (unpaired) electrons. The lowest BCUT2D eigenvalue weighted by Crippen LogP contribution is -2.07. The third-order valence-electron chi connectivity index (χ3n) is 3.03. The van der Waals surface area contributed by atoms with Crippen LogP contribution in [-0.4, -0.2) is 0 Å². The summed E-state index contributed by atoms with van der Waals surface area (Å²) in [6, 6.07) is 9.15. The van der Waals surface area contributed by atoms with Gasteiger partial charge in [-0.15, -0.1) is 11.3 Å². The summed E-state index contributed by atoms with van der Waals surface area (Å²) in [5, 5.41) is 12.2. The summed E-state index contributed by atoms with van der Waals surface area (Å²) in [7, 11) is 0. The van der Waals surface area contributed by atoms with E-state index in [2.05, 4.69) is 24.4 Å². The number of nitrogens with one attached hydrogen (secondary N) is 1. The van der Waals surface area contributed by atoms with Crippen molar-refractivity contribution >= 4 is 17.0 Å². The summed E-state index contributed by atoms with van der Waals surface area (Å²) in [5.41, 5.74) is 1.55. The Morgan fingerprint density at radius 1 is 1.32 bits per heavy atom. The zero-order chi connectivity index (χ0) is 14.0. The molecule has 0 amide bonds. The maximum atomic E-state index is 13.7. The normalized spacial score (nSPS) is 11.9. The van der Waals surface area contributed by atoms with Crippen molar-refractivity contribution < 1.29 is 4.39 Å². The highest BCUT2D eigenvalue weighted by atomic mass is 32.1. The molecule has 0 aliphatic carbocycles. The number of hydrogen-bond donors (Lipinski definition) is 1. The Balaban J connectivity index is 2.28. The first-order chi connectivity index (χ1) is 9.01. The first-order valence-electron chi connectivity index (χ1n) is 6.04. The third kappa shape index (κ3) is 2.94. The van der Waals surface area contributed by atoms with Crippen molar-refractivity contribution in [1.82, 2.24) is 0 Å². The second kappa shape index (κ2) is 5.41. The molecule has 0 saturated heterocycles. The van der Waals surface area contributed by atoms with Gasteiger partial charge in [0.05, 0.1) is 17.7 Å². The zero-order valence-electron chi connectivity index (χ0n) is 11.1. The molecule has 0 aliphatic rings. The summed E-state index contributed by atoms with van der Waals surface area (Å²) in [6.45, 7) is 5.80. The molecule has 1 aromatic carbocycles. The molecule has 1 aromatic heterocycles. The van der Waals surface area contributed by atoms with Crippen LogP contribution in [0.4, 0.5) is 10.1 Å². The van der Waals surface area contributed by atoms with Gasteiger partial charge in [0.15, 0.2) is 0 Å². The molecule has 2 nitrogen and oxygen atoms in total. The number of halogens is 1. The van der Waals surface area contributed by atoms with Crippen molar-refractivity contribution in [2.24, 2.45) is 0 Å². The molecular weight excluding hydrogens is 259 g/mol. The molecule has 19 heavy (non-hydrogen) atoms. The molecular formula is C15H15FN2S. The molecule has 0 spiro atoms. The predicted molar refractivity (Wildman–Crippen MR) is 76.9 cm³/mol. The molecule has 4 heteroatoms. The van der Waals surface area contributed by atoms with E-state index in [0.29, 0.717) is 16.8 Å². The average molecular weight is 274 g/mol. The lowest BCUT2D eigenvalue weighted by atomic mass is 10.1. The molecule has 0 fully saturated rings. The molecule has 0 bridgehead atoms. The smallest absolute Gasteiger partial charge is 0.129 e. The number of nitrogens with zero attached hydrogens (tertiary/aromatic N) is 1. The molecule has 2 aromatic rings. The molecule has 1 unspecified atom stereocenters. The molecule has 1 heterocycles. The van der Waals surface area contributed by atoms with Gasteiger partial charge < -0.3 is 5.32 Å². The van der Waals surface area contributed by atoms with Crippen LogP contribution in [0.5, 0.6) is 0 Å². The van der Waals surface area contributed by atoms with Crippen molar-refractivity contribution in [3.05, 3.63) is 51.0 Å². The topological polar surface area (TPSA) is 35.8 Å². The van der Waals surface area contributed by atoms with Crippen LogP contribution in [-0.2, 0) is 0 Å². The van der Waals surface area contributed by atoms with Crippen LogP contribution in [0.1, 0.15) is 33.8 Å². The fraction of sp³-hybridized carbons (Fsp3) is 0.267. The number of nitriles is 1. The molecule has 98 valence electrons. The minimum atomic E-state index is -0.351. The molecule has 2 rings (SSSR count). The summed E-state index contributed by atoms with van der Waals surface area (Å²) in [5.74, 6) is -0.351. The van der Waals surface area contributed by atoms with Gasteiger partial charge in [0.2, 0.25) is 0 Å². The highest BCUT2D eigenvalue weighted by molar-refractivity contribution is 7.12. The lowest BCUT2D eigenvalue weighted by molar-refractivity contribution is 0.618. The number of thiophene rings is 1. The van der Waals surface area contributed by atoms with Crippen LogP contribution in [0.25, 0.3) is 0 Å². The second-order valence-corrected chi connectivity index (χ2v) is 5.88. The highest BCUT2D eigenvalue weighted by Gasteiger charge is 2.12. The van der Waals surface area contributed by atoms with Gasteiger partial charge in [0.25, 0.3) is 0 Å². The van der Waals surface area contributed by atoms with Gasteiger partial charge in [-0.05, 0) is 45.0 Å². The monoisotopic (exact) mass is 274 g/mol. The quantitative estimate of drug-likeness (QED) is 0.891.